The summed E-state index contributed by atoms with van der Waals surface area (Å²) in [6, 6.07) is 22.6. The van der Waals surface area contributed by atoms with Crippen molar-refractivity contribution in [3.8, 4) is 5.75 Å². The van der Waals surface area contributed by atoms with Crippen molar-refractivity contribution in [1.82, 2.24) is 14.9 Å². The van der Waals surface area contributed by atoms with E-state index in [1.54, 1.807) is 18.6 Å². The van der Waals surface area contributed by atoms with E-state index in [1.165, 1.54) is 11.1 Å². The molecule has 0 atom stereocenters. The molecular formula is C32H29Br2N3O. The van der Waals surface area contributed by atoms with Crippen LogP contribution in [0.5, 0.6) is 5.75 Å². The average molecular weight is 631 g/mol. The van der Waals surface area contributed by atoms with Gasteiger partial charge in [0.25, 0.3) is 0 Å². The molecule has 192 valence electrons. The van der Waals surface area contributed by atoms with Gasteiger partial charge in [0.15, 0.2) is 0 Å². The molecule has 0 saturated heterocycles. The molecule has 2 heterocycles. The van der Waals surface area contributed by atoms with E-state index in [0.29, 0.717) is 6.61 Å². The fourth-order valence-electron chi connectivity index (χ4n) is 3.65. The Bertz CT molecular complexity index is 1290. The van der Waals surface area contributed by atoms with Crippen LogP contribution in [0.3, 0.4) is 0 Å². The van der Waals surface area contributed by atoms with E-state index in [0.717, 1.165) is 45.5 Å². The molecule has 0 fully saturated rings. The van der Waals surface area contributed by atoms with Gasteiger partial charge in [0, 0.05) is 47.2 Å². The van der Waals surface area contributed by atoms with E-state index >= 15 is 0 Å². The Hall–Kier alpha value is -3.32. The van der Waals surface area contributed by atoms with E-state index in [-0.39, 0.29) is 0 Å². The van der Waals surface area contributed by atoms with Crippen LogP contribution in [-0.4, -0.2) is 41.1 Å². The molecule has 0 aliphatic heterocycles. The first kappa shape index (κ1) is 27.7. The summed E-state index contributed by atoms with van der Waals surface area (Å²) in [4.78, 5) is 10.7. The number of aromatic nitrogens is 2. The van der Waals surface area contributed by atoms with Crippen molar-refractivity contribution in [1.29, 1.82) is 0 Å². The van der Waals surface area contributed by atoms with Crippen molar-refractivity contribution < 1.29 is 4.74 Å². The summed E-state index contributed by atoms with van der Waals surface area (Å²) in [5, 5.41) is 0. The maximum absolute atomic E-state index is 6.08. The van der Waals surface area contributed by atoms with E-state index in [9.17, 15) is 0 Å². The van der Waals surface area contributed by atoms with Crippen LogP contribution < -0.4 is 4.74 Å². The minimum Gasteiger partial charge on any atom is -0.491 e. The molecule has 4 rings (SSSR count). The predicted molar refractivity (Wildman–Crippen MR) is 166 cm³/mol. The summed E-state index contributed by atoms with van der Waals surface area (Å²) in [7, 11) is 0. The zero-order valence-electron chi connectivity index (χ0n) is 21.0. The summed E-state index contributed by atoms with van der Waals surface area (Å²) in [6.45, 7) is 2.98. The molecule has 0 bridgehead atoms. The maximum atomic E-state index is 6.08. The normalized spacial score (nSPS) is 11.8. The van der Waals surface area contributed by atoms with E-state index in [1.807, 2.05) is 36.5 Å². The number of halogens is 2. The molecular weight excluding hydrogens is 602 g/mol. The molecule has 6 heteroatoms. The Kier molecular flexibility index (Phi) is 11.1. The SMILES string of the molecule is Brc1ccc(C=CCN(CC=Cc2ccc(Br)cc2)CCOc2cncc(C=Cc3ccncc3)c2)cc1. The van der Waals surface area contributed by atoms with E-state index < -0.39 is 0 Å². The van der Waals surface area contributed by atoms with Crippen LogP contribution in [0.15, 0.2) is 113 Å². The van der Waals surface area contributed by atoms with Gasteiger partial charge in [-0.1, -0.05) is 92.6 Å². The monoisotopic (exact) mass is 629 g/mol. The van der Waals surface area contributed by atoms with Crippen LogP contribution in [-0.2, 0) is 0 Å². The van der Waals surface area contributed by atoms with Crippen LogP contribution in [0.25, 0.3) is 24.3 Å². The number of benzene rings is 2. The number of ether oxygens (including phenoxy) is 1. The second kappa shape index (κ2) is 15.2. The summed E-state index contributed by atoms with van der Waals surface area (Å²) in [6.07, 6.45) is 19.9. The highest BCUT2D eigenvalue weighted by Crippen LogP contribution is 2.15. The molecule has 0 amide bonds. The second-order valence-corrected chi connectivity index (χ2v) is 10.4. The molecule has 0 unspecified atom stereocenters. The highest BCUT2D eigenvalue weighted by Gasteiger charge is 2.03. The van der Waals surface area contributed by atoms with Crippen LogP contribution >= 0.6 is 31.9 Å². The van der Waals surface area contributed by atoms with Crippen molar-refractivity contribution in [2.24, 2.45) is 0 Å². The third-order valence-corrected chi connectivity index (χ3v) is 6.73. The van der Waals surface area contributed by atoms with Gasteiger partial charge in [0.1, 0.15) is 12.4 Å². The molecule has 0 aliphatic carbocycles. The first-order chi connectivity index (χ1) is 18.6. The van der Waals surface area contributed by atoms with Crippen LogP contribution in [0.2, 0.25) is 0 Å². The molecule has 0 N–H and O–H groups in total. The highest BCUT2D eigenvalue weighted by molar-refractivity contribution is 9.10. The molecule has 0 saturated carbocycles. The van der Waals surface area contributed by atoms with Gasteiger partial charge in [-0.05, 0) is 64.7 Å². The smallest absolute Gasteiger partial charge is 0.138 e. The van der Waals surface area contributed by atoms with Crippen molar-refractivity contribution in [2.45, 2.75) is 0 Å². The number of nitrogens with zero attached hydrogens (tertiary/aromatic N) is 3. The Morgan fingerprint density at radius 3 is 1.79 bits per heavy atom. The Labute approximate surface area is 241 Å². The lowest BCUT2D eigenvalue weighted by Gasteiger charge is -2.19. The molecule has 4 aromatic rings. The van der Waals surface area contributed by atoms with Gasteiger partial charge in [-0.3, -0.25) is 14.9 Å². The second-order valence-electron chi connectivity index (χ2n) is 8.58. The fourth-order valence-corrected chi connectivity index (χ4v) is 4.17. The van der Waals surface area contributed by atoms with Gasteiger partial charge in [-0.25, -0.2) is 0 Å². The predicted octanol–water partition coefficient (Wildman–Crippen LogP) is 8.28. The van der Waals surface area contributed by atoms with Crippen LogP contribution in [0.1, 0.15) is 22.3 Å². The number of pyridine rings is 2. The third kappa shape index (κ3) is 9.86. The lowest BCUT2D eigenvalue weighted by atomic mass is 10.2. The number of hydrogen-bond donors (Lipinski definition) is 0. The van der Waals surface area contributed by atoms with Crippen molar-refractivity contribution in [2.75, 3.05) is 26.2 Å². The van der Waals surface area contributed by atoms with Gasteiger partial charge in [-0.15, -0.1) is 0 Å². The quantitative estimate of drug-likeness (QED) is 0.158. The zero-order valence-corrected chi connectivity index (χ0v) is 24.1. The highest BCUT2D eigenvalue weighted by atomic mass is 79.9. The standard InChI is InChI=1S/C32H29Br2N3O/c33-30-11-7-26(8-12-30)3-1-19-37(20-2-4-27-9-13-31(34)14-10-27)21-22-38-32-23-29(24-36-25-32)6-5-28-15-17-35-18-16-28/h1-18,23-25H,19-22H2. The molecule has 2 aromatic heterocycles. The van der Waals surface area contributed by atoms with Crippen molar-refractivity contribution in [3.05, 3.63) is 135 Å². The molecule has 4 nitrogen and oxygen atoms in total. The Morgan fingerprint density at radius 1 is 0.632 bits per heavy atom. The maximum Gasteiger partial charge on any atom is 0.138 e. The number of hydrogen-bond acceptors (Lipinski definition) is 4. The Balaban J connectivity index is 1.34. The first-order valence-electron chi connectivity index (χ1n) is 12.4. The third-order valence-electron chi connectivity index (χ3n) is 5.67. The molecule has 2 aromatic carbocycles. The largest absolute Gasteiger partial charge is 0.491 e. The van der Waals surface area contributed by atoms with Gasteiger partial charge in [-0.2, -0.15) is 0 Å². The lowest BCUT2D eigenvalue weighted by Crippen LogP contribution is -2.29. The van der Waals surface area contributed by atoms with Gasteiger partial charge < -0.3 is 4.74 Å². The van der Waals surface area contributed by atoms with Crippen LogP contribution in [0.4, 0.5) is 0 Å². The van der Waals surface area contributed by atoms with E-state index in [4.69, 9.17) is 4.74 Å². The van der Waals surface area contributed by atoms with E-state index in [2.05, 4.69) is 120 Å². The minimum atomic E-state index is 0.567. The summed E-state index contributed by atoms with van der Waals surface area (Å²) in [5.74, 6) is 0.762. The minimum absolute atomic E-state index is 0.567. The van der Waals surface area contributed by atoms with Crippen LogP contribution in [0, 0.1) is 0 Å². The number of rotatable bonds is 12. The fraction of sp³-hybridized carbons (Fsp3) is 0.125. The summed E-state index contributed by atoms with van der Waals surface area (Å²) >= 11 is 6.99. The summed E-state index contributed by atoms with van der Waals surface area (Å²) < 4.78 is 8.24. The average Bonchev–Trinajstić information content (AvgIpc) is 2.94. The van der Waals surface area contributed by atoms with Gasteiger partial charge in [0.05, 0.1) is 6.20 Å². The molecule has 0 radical (unpaired) electrons. The van der Waals surface area contributed by atoms with Crippen molar-refractivity contribution >= 4 is 56.2 Å². The topological polar surface area (TPSA) is 38.2 Å². The molecule has 0 aliphatic rings. The van der Waals surface area contributed by atoms with Crippen molar-refractivity contribution in [3.63, 3.8) is 0 Å². The Morgan fingerprint density at radius 2 is 1.18 bits per heavy atom. The van der Waals surface area contributed by atoms with Gasteiger partial charge >= 0.3 is 0 Å². The first-order valence-corrected chi connectivity index (χ1v) is 14.0. The van der Waals surface area contributed by atoms with Gasteiger partial charge in [0.2, 0.25) is 0 Å². The molecule has 0 spiro atoms. The zero-order chi connectivity index (χ0) is 26.4. The lowest BCUT2D eigenvalue weighted by molar-refractivity contribution is 0.236. The summed E-state index contributed by atoms with van der Waals surface area (Å²) in [5.41, 5.74) is 4.44. The molecule has 38 heavy (non-hydrogen) atoms.